The highest BCUT2D eigenvalue weighted by molar-refractivity contribution is 7.91. The van der Waals surface area contributed by atoms with Gasteiger partial charge in [-0.1, -0.05) is 18.5 Å². The second-order valence-electron chi connectivity index (χ2n) is 6.28. The first kappa shape index (κ1) is 20.5. The van der Waals surface area contributed by atoms with Gasteiger partial charge in [-0.25, -0.2) is 21.8 Å². The lowest BCUT2D eigenvalue weighted by atomic mass is 10.2. The lowest BCUT2D eigenvalue weighted by Crippen LogP contribution is -2.22. The highest BCUT2D eigenvalue weighted by atomic mass is 35.5. The number of fused-ring (bicyclic) bond motifs is 1. The first-order valence-electron chi connectivity index (χ1n) is 8.23. The van der Waals surface area contributed by atoms with E-state index in [2.05, 4.69) is 4.98 Å². The van der Waals surface area contributed by atoms with E-state index in [0.717, 1.165) is 6.26 Å². The Morgan fingerprint density at radius 2 is 1.79 bits per heavy atom. The third-order valence-corrected chi connectivity index (χ3v) is 7.48. The van der Waals surface area contributed by atoms with Gasteiger partial charge in [-0.15, -0.1) is 0 Å². The third-order valence-electron chi connectivity index (χ3n) is 4.30. The Kier molecular flexibility index (Phi) is 5.35. The summed E-state index contributed by atoms with van der Waals surface area (Å²) in [5, 5.41) is 0.471. The van der Waals surface area contributed by atoms with E-state index in [1.54, 1.807) is 0 Å². The maximum Gasteiger partial charge on any atom is 0.261 e. The molecule has 2 aromatic carbocycles. The van der Waals surface area contributed by atoms with Gasteiger partial charge in [-0.3, -0.25) is 9.36 Å². The van der Waals surface area contributed by atoms with Crippen LogP contribution in [0, 0.1) is 0 Å². The summed E-state index contributed by atoms with van der Waals surface area (Å²) in [6.07, 6.45) is 2.35. The van der Waals surface area contributed by atoms with E-state index in [9.17, 15) is 21.6 Å². The van der Waals surface area contributed by atoms with Gasteiger partial charge in [0.25, 0.3) is 5.56 Å². The van der Waals surface area contributed by atoms with Crippen molar-refractivity contribution in [1.82, 2.24) is 9.55 Å². The first-order valence-corrected chi connectivity index (χ1v) is 12.2. The van der Waals surface area contributed by atoms with Crippen LogP contribution in [-0.4, -0.2) is 38.4 Å². The van der Waals surface area contributed by atoms with Crippen LogP contribution >= 0.6 is 11.6 Å². The number of halogens is 1. The zero-order chi connectivity index (χ0) is 20.7. The maximum atomic E-state index is 12.9. The molecule has 0 atom stereocenters. The normalized spacial score (nSPS) is 12.4. The highest BCUT2D eigenvalue weighted by Crippen LogP contribution is 2.23. The molecule has 0 N–H and O–H groups in total. The molecular weight excluding hydrogens is 424 g/mol. The van der Waals surface area contributed by atoms with Crippen molar-refractivity contribution in [2.24, 2.45) is 0 Å². The molecule has 1 heterocycles. The van der Waals surface area contributed by atoms with Gasteiger partial charge in [-0.2, -0.15) is 0 Å². The molecule has 3 aromatic rings. The molecule has 0 amide bonds. The SMILES string of the molecule is CCS(=O)(=O)c1ccc(Cl)cc1Cn1cnc2ccc(S(C)(=O)=O)cc2c1=O. The average molecular weight is 441 g/mol. The molecule has 10 heteroatoms. The van der Waals surface area contributed by atoms with Crippen LogP contribution in [0.25, 0.3) is 10.9 Å². The van der Waals surface area contributed by atoms with Gasteiger partial charge in [0.15, 0.2) is 19.7 Å². The van der Waals surface area contributed by atoms with Gasteiger partial charge >= 0.3 is 0 Å². The molecule has 0 spiro atoms. The number of aromatic nitrogens is 2. The minimum atomic E-state index is -3.52. The molecule has 0 aliphatic rings. The predicted octanol–water partition coefficient (Wildman–Crippen LogP) is 2.30. The van der Waals surface area contributed by atoms with Crippen molar-refractivity contribution in [3.63, 3.8) is 0 Å². The van der Waals surface area contributed by atoms with E-state index in [4.69, 9.17) is 11.6 Å². The van der Waals surface area contributed by atoms with Crippen LogP contribution in [0.15, 0.2) is 57.3 Å². The zero-order valence-corrected chi connectivity index (χ0v) is 17.5. The maximum absolute atomic E-state index is 12.9. The first-order chi connectivity index (χ1) is 13.0. The average Bonchev–Trinajstić information content (AvgIpc) is 2.63. The number of nitrogens with zero attached hydrogens (tertiary/aromatic N) is 2. The van der Waals surface area contributed by atoms with Crippen LogP contribution in [0.3, 0.4) is 0 Å². The Balaban J connectivity index is 2.18. The molecule has 0 aliphatic heterocycles. The molecule has 28 heavy (non-hydrogen) atoms. The van der Waals surface area contributed by atoms with Crippen molar-refractivity contribution in [2.45, 2.75) is 23.3 Å². The molecule has 0 unspecified atom stereocenters. The zero-order valence-electron chi connectivity index (χ0n) is 15.1. The molecule has 0 fully saturated rings. The lowest BCUT2D eigenvalue weighted by molar-refractivity contribution is 0.594. The second-order valence-corrected chi connectivity index (χ2v) is 11.0. The summed E-state index contributed by atoms with van der Waals surface area (Å²) in [5.41, 5.74) is 0.230. The fourth-order valence-corrected chi connectivity index (χ4v) is 4.75. The Labute approximate surface area is 167 Å². The van der Waals surface area contributed by atoms with Crippen molar-refractivity contribution in [3.8, 4) is 0 Å². The van der Waals surface area contributed by atoms with Gasteiger partial charge in [0, 0.05) is 11.3 Å². The summed E-state index contributed by atoms with van der Waals surface area (Å²) in [4.78, 5) is 17.2. The van der Waals surface area contributed by atoms with Crippen LogP contribution in [0.5, 0.6) is 0 Å². The third kappa shape index (κ3) is 3.96. The summed E-state index contributed by atoms with van der Waals surface area (Å²) in [6.45, 7) is 1.46. The van der Waals surface area contributed by atoms with E-state index in [1.165, 1.54) is 54.2 Å². The summed E-state index contributed by atoms with van der Waals surface area (Å²) in [5.74, 6) is -0.0930. The quantitative estimate of drug-likeness (QED) is 0.603. The fourth-order valence-electron chi connectivity index (χ4n) is 2.80. The van der Waals surface area contributed by atoms with Gasteiger partial charge in [0.05, 0.1) is 39.3 Å². The Hall–Kier alpha value is -2.23. The Morgan fingerprint density at radius 1 is 1.07 bits per heavy atom. The second kappa shape index (κ2) is 7.31. The molecule has 0 saturated heterocycles. The molecule has 0 aliphatic carbocycles. The van der Waals surface area contributed by atoms with Gasteiger partial charge in [-0.05, 0) is 42.0 Å². The van der Waals surface area contributed by atoms with Crippen molar-refractivity contribution in [1.29, 1.82) is 0 Å². The van der Waals surface area contributed by atoms with Crippen molar-refractivity contribution in [2.75, 3.05) is 12.0 Å². The number of benzene rings is 2. The summed E-state index contributed by atoms with van der Waals surface area (Å²) in [7, 11) is -7.01. The molecule has 148 valence electrons. The highest BCUT2D eigenvalue weighted by Gasteiger charge is 2.18. The monoisotopic (exact) mass is 440 g/mol. The van der Waals surface area contributed by atoms with E-state index in [-0.39, 0.29) is 27.5 Å². The Bertz CT molecular complexity index is 1350. The molecule has 0 radical (unpaired) electrons. The predicted molar refractivity (Wildman–Crippen MR) is 107 cm³/mol. The van der Waals surface area contributed by atoms with Gasteiger partial charge < -0.3 is 0 Å². The molecule has 1 aromatic heterocycles. The standard InChI is InChI=1S/C18H17ClN2O5S2/c1-3-28(25,26)17-7-4-13(19)8-12(17)10-21-11-20-16-6-5-14(27(2,23)24)9-15(16)18(21)22/h4-9,11H,3,10H2,1-2H3. The largest absolute Gasteiger partial charge is 0.294 e. The number of hydrogen-bond acceptors (Lipinski definition) is 6. The van der Waals surface area contributed by atoms with Crippen molar-refractivity contribution in [3.05, 3.63) is 63.7 Å². The lowest BCUT2D eigenvalue weighted by Gasteiger charge is -2.12. The number of rotatable bonds is 5. The Morgan fingerprint density at radius 3 is 2.43 bits per heavy atom. The van der Waals surface area contributed by atoms with E-state index in [1.807, 2.05) is 0 Å². The summed E-state index contributed by atoms with van der Waals surface area (Å²) in [6, 6.07) is 8.51. The fraction of sp³-hybridized carbons (Fsp3) is 0.222. The van der Waals surface area contributed by atoms with E-state index >= 15 is 0 Å². The molecule has 3 rings (SSSR count). The minimum Gasteiger partial charge on any atom is -0.294 e. The number of sulfone groups is 2. The molecule has 7 nitrogen and oxygen atoms in total. The van der Waals surface area contributed by atoms with Crippen LogP contribution < -0.4 is 5.56 Å². The van der Waals surface area contributed by atoms with Crippen LogP contribution in [-0.2, 0) is 26.2 Å². The van der Waals surface area contributed by atoms with Crippen LogP contribution in [0.2, 0.25) is 5.02 Å². The van der Waals surface area contributed by atoms with Gasteiger partial charge in [0.1, 0.15) is 0 Å². The number of hydrogen-bond donors (Lipinski definition) is 0. The van der Waals surface area contributed by atoms with Crippen LogP contribution in [0.4, 0.5) is 0 Å². The summed E-state index contributed by atoms with van der Waals surface area (Å²) < 4.78 is 49.5. The van der Waals surface area contributed by atoms with Crippen molar-refractivity contribution >= 4 is 42.2 Å². The minimum absolute atomic E-state index is 0.00801. The molecule has 0 saturated carbocycles. The molecular formula is C18H17ClN2O5S2. The van der Waals surface area contributed by atoms with E-state index < -0.39 is 25.2 Å². The van der Waals surface area contributed by atoms with E-state index in [0.29, 0.717) is 16.1 Å². The van der Waals surface area contributed by atoms with Gasteiger partial charge in [0.2, 0.25) is 0 Å². The molecule has 0 bridgehead atoms. The van der Waals surface area contributed by atoms with Crippen molar-refractivity contribution < 1.29 is 16.8 Å². The topological polar surface area (TPSA) is 103 Å². The summed E-state index contributed by atoms with van der Waals surface area (Å²) >= 11 is 6.02. The smallest absolute Gasteiger partial charge is 0.261 e. The van der Waals surface area contributed by atoms with Crippen LogP contribution in [0.1, 0.15) is 12.5 Å².